The van der Waals surface area contributed by atoms with Gasteiger partial charge in [-0.05, 0) is 42.0 Å². The van der Waals surface area contributed by atoms with Crippen molar-refractivity contribution in [2.75, 3.05) is 19.0 Å². The minimum atomic E-state index is -3.79. The van der Waals surface area contributed by atoms with Gasteiger partial charge in [-0.3, -0.25) is 0 Å². The predicted octanol–water partition coefficient (Wildman–Crippen LogP) is 2.20. The number of hydrogen-bond donors (Lipinski definition) is 1. The average molecular weight is 321 g/mol. The van der Waals surface area contributed by atoms with Gasteiger partial charge in [0, 0.05) is 19.8 Å². The van der Waals surface area contributed by atoms with Gasteiger partial charge in [-0.2, -0.15) is 13.5 Å². The van der Waals surface area contributed by atoms with Gasteiger partial charge < -0.3 is 4.90 Å². The van der Waals surface area contributed by atoms with Gasteiger partial charge in [0.05, 0.1) is 11.1 Å². The SMILES string of the molecule is CN(C)c1ccc(/C=N/NS(=O)(=O)c2ccc(F)cc2)cc1. The van der Waals surface area contributed by atoms with Crippen LogP contribution in [-0.2, 0) is 10.0 Å². The first-order valence-electron chi connectivity index (χ1n) is 6.46. The maximum absolute atomic E-state index is 12.8. The van der Waals surface area contributed by atoms with E-state index in [2.05, 4.69) is 9.93 Å². The van der Waals surface area contributed by atoms with E-state index in [9.17, 15) is 12.8 Å². The third-order valence-electron chi connectivity index (χ3n) is 2.92. The number of benzene rings is 2. The summed E-state index contributed by atoms with van der Waals surface area (Å²) in [4.78, 5) is 4.00. The summed E-state index contributed by atoms with van der Waals surface area (Å²) in [5.74, 6) is -0.497. The van der Waals surface area contributed by atoms with Gasteiger partial charge in [0.2, 0.25) is 0 Å². The Bertz CT molecular complexity index is 754. The van der Waals surface area contributed by atoms with Crippen LogP contribution in [0, 0.1) is 5.82 Å². The minimum absolute atomic E-state index is 0.0472. The molecule has 0 aromatic heterocycles. The van der Waals surface area contributed by atoms with Crippen LogP contribution in [0.15, 0.2) is 58.5 Å². The molecule has 0 spiro atoms. The molecule has 0 radical (unpaired) electrons. The van der Waals surface area contributed by atoms with E-state index in [1.165, 1.54) is 18.3 Å². The van der Waals surface area contributed by atoms with Crippen LogP contribution in [0.3, 0.4) is 0 Å². The number of sulfonamides is 1. The van der Waals surface area contributed by atoms with Crippen molar-refractivity contribution in [2.24, 2.45) is 5.10 Å². The summed E-state index contributed by atoms with van der Waals surface area (Å²) in [5, 5.41) is 3.72. The van der Waals surface area contributed by atoms with Crippen LogP contribution >= 0.6 is 0 Å². The molecule has 0 unspecified atom stereocenters. The van der Waals surface area contributed by atoms with Crippen molar-refractivity contribution in [1.82, 2.24) is 4.83 Å². The first-order valence-corrected chi connectivity index (χ1v) is 7.94. The molecule has 22 heavy (non-hydrogen) atoms. The quantitative estimate of drug-likeness (QED) is 0.678. The summed E-state index contributed by atoms with van der Waals surface area (Å²) < 4.78 is 36.6. The van der Waals surface area contributed by atoms with E-state index in [4.69, 9.17) is 0 Å². The molecular weight excluding hydrogens is 305 g/mol. The lowest BCUT2D eigenvalue weighted by Crippen LogP contribution is -2.18. The Kier molecular flexibility index (Phi) is 4.77. The van der Waals surface area contributed by atoms with Gasteiger partial charge in [0.1, 0.15) is 5.82 Å². The Morgan fingerprint density at radius 2 is 1.64 bits per heavy atom. The Balaban J connectivity index is 2.06. The van der Waals surface area contributed by atoms with E-state index < -0.39 is 15.8 Å². The topological polar surface area (TPSA) is 61.8 Å². The molecule has 2 aromatic carbocycles. The summed E-state index contributed by atoms with van der Waals surface area (Å²) in [5.41, 5.74) is 1.79. The van der Waals surface area contributed by atoms with Crippen LogP contribution < -0.4 is 9.73 Å². The molecule has 0 heterocycles. The lowest BCUT2D eigenvalue weighted by Gasteiger charge is -2.11. The monoisotopic (exact) mass is 321 g/mol. The molecule has 0 saturated carbocycles. The standard InChI is InChI=1S/C15H16FN3O2S/c1-19(2)14-7-3-12(4-8-14)11-17-18-22(20,21)15-9-5-13(16)6-10-15/h3-11,18H,1-2H3/b17-11+. The molecule has 7 heteroatoms. The van der Waals surface area contributed by atoms with E-state index in [0.717, 1.165) is 23.4 Å². The second kappa shape index (κ2) is 6.57. The minimum Gasteiger partial charge on any atom is -0.378 e. The normalized spacial score (nSPS) is 11.6. The zero-order chi connectivity index (χ0) is 16.2. The number of halogens is 1. The first kappa shape index (κ1) is 16.0. The molecule has 0 aliphatic heterocycles. The van der Waals surface area contributed by atoms with Gasteiger partial charge >= 0.3 is 0 Å². The van der Waals surface area contributed by atoms with Gasteiger partial charge in [0.15, 0.2) is 0 Å². The Hall–Kier alpha value is -2.41. The fourth-order valence-electron chi connectivity index (χ4n) is 1.70. The molecule has 0 atom stereocenters. The third kappa shape index (κ3) is 4.05. The van der Waals surface area contributed by atoms with Crippen LogP contribution in [0.4, 0.5) is 10.1 Å². The molecule has 5 nitrogen and oxygen atoms in total. The van der Waals surface area contributed by atoms with Crippen molar-refractivity contribution in [2.45, 2.75) is 4.90 Å². The zero-order valence-corrected chi connectivity index (χ0v) is 13.0. The molecule has 0 fully saturated rings. The maximum Gasteiger partial charge on any atom is 0.276 e. The number of hydrazone groups is 1. The first-order chi connectivity index (χ1) is 10.4. The fourth-order valence-corrected chi connectivity index (χ4v) is 2.49. The highest BCUT2D eigenvalue weighted by atomic mass is 32.2. The van der Waals surface area contributed by atoms with Crippen LogP contribution in [0.2, 0.25) is 0 Å². The smallest absolute Gasteiger partial charge is 0.276 e. The average Bonchev–Trinajstić information content (AvgIpc) is 2.48. The summed E-state index contributed by atoms with van der Waals surface area (Å²) in [6.45, 7) is 0. The van der Waals surface area contributed by atoms with Gasteiger partial charge in [-0.15, -0.1) is 0 Å². The molecule has 0 saturated heterocycles. The number of nitrogens with zero attached hydrogens (tertiary/aromatic N) is 2. The largest absolute Gasteiger partial charge is 0.378 e. The van der Waals surface area contributed by atoms with Crippen LogP contribution in [0.1, 0.15) is 5.56 Å². The molecular formula is C15H16FN3O2S. The summed E-state index contributed by atoms with van der Waals surface area (Å²) in [7, 11) is 0.0693. The van der Waals surface area contributed by atoms with E-state index in [0.29, 0.717) is 0 Å². The molecule has 1 N–H and O–H groups in total. The van der Waals surface area contributed by atoms with Crippen molar-refractivity contribution in [1.29, 1.82) is 0 Å². The van der Waals surface area contributed by atoms with E-state index >= 15 is 0 Å². The Morgan fingerprint density at radius 1 is 1.05 bits per heavy atom. The molecule has 0 amide bonds. The number of hydrogen-bond acceptors (Lipinski definition) is 4. The second-order valence-electron chi connectivity index (χ2n) is 4.79. The van der Waals surface area contributed by atoms with Crippen LogP contribution in [0.25, 0.3) is 0 Å². The lowest BCUT2D eigenvalue weighted by atomic mass is 10.2. The van der Waals surface area contributed by atoms with Crippen molar-refractivity contribution in [3.8, 4) is 0 Å². The summed E-state index contributed by atoms with van der Waals surface area (Å²) >= 11 is 0. The van der Waals surface area contributed by atoms with Gasteiger partial charge in [0.25, 0.3) is 10.0 Å². The van der Waals surface area contributed by atoms with E-state index in [1.807, 2.05) is 43.3 Å². The molecule has 2 rings (SSSR count). The fraction of sp³-hybridized carbons (Fsp3) is 0.133. The highest BCUT2D eigenvalue weighted by molar-refractivity contribution is 7.89. The molecule has 0 aliphatic carbocycles. The van der Waals surface area contributed by atoms with Crippen molar-refractivity contribution in [3.63, 3.8) is 0 Å². The van der Waals surface area contributed by atoms with Crippen molar-refractivity contribution >= 4 is 21.9 Å². The van der Waals surface area contributed by atoms with Crippen LogP contribution in [0.5, 0.6) is 0 Å². The third-order valence-corrected chi connectivity index (χ3v) is 4.16. The maximum atomic E-state index is 12.8. The Morgan fingerprint density at radius 3 is 2.18 bits per heavy atom. The van der Waals surface area contributed by atoms with Crippen molar-refractivity contribution < 1.29 is 12.8 Å². The van der Waals surface area contributed by atoms with E-state index in [1.54, 1.807) is 0 Å². The van der Waals surface area contributed by atoms with Gasteiger partial charge in [-0.1, -0.05) is 12.1 Å². The van der Waals surface area contributed by atoms with Gasteiger partial charge in [-0.25, -0.2) is 9.22 Å². The summed E-state index contributed by atoms with van der Waals surface area (Å²) in [6.07, 6.45) is 1.40. The zero-order valence-electron chi connectivity index (χ0n) is 12.2. The van der Waals surface area contributed by atoms with Crippen LogP contribution in [-0.4, -0.2) is 28.7 Å². The number of anilines is 1. The molecule has 116 valence electrons. The summed E-state index contributed by atoms with van der Waals surface area (Å²) in [6, 6.07) is 12.0. The lowest BCUT2D eigenvalue weighted by molar-refractivity contribution is 0.583. The van der Waals surface area contributed by atoms with Crippen molar-refractivity contribution in [3.05, 3.63) is 59.9 Å². The number of rotatable bonds is 5. The molecule has 0 aliphatic rings. The van der Waals surface area contributed by atoms with E-state index in [-0.39, 0.29) is 4.90 Å². The number of nitrogens with one attached hydrogen (secondary N) is 1. The predicted molar refractivity (Wildman–Crippen MR) is 85.1 cm³/mol. The molecule has 2 aromatic rings. The Labute approximate surface area is 129 Å². The second-order valence-corrected chi connectivity index (χ2v) is 6.45. The molecule has 0 bridgehead atoms. The highest BCUT2D eigenvalue weighted by Crippen LogP contribution is 2.11. The highest BCUT2D eigenvalue weighted by Gasteiger charge is 2.12.